The van der Waals surface area contributed by atoms with E-state index in [4.69, 9.17) is 0 Å². The van der Waals surface area contributed by atoms with E-state index >= 15 is 0 Å². The maximum atomic E-state index is 13.5. The number of nitrogens with zero attached hydrogens (tertiary/aromatic N) is 4. The van der Waals surface area contributed by atoms with Crippen LogP contribution in [-0.2, 0) is 21.4 Å². The molecular formula is C27H37N5O4S2. The van der Waals surface area contributed by atoms with Crippen molar-refractivity contribution in [3.05, 3.63) is 51.4 Å². The van der Waals surface area contributed by atoms with Crippen molar-refractivity contribution in [2.45, 2.75) is 58.4 Å². The van der Waals surface area contributed by atoms with Gasteiger partial charge in [0.1, 0.15) is 16.3 Å². The summed E-state index contributed by atoms with van der Waals surface area (Å²) in [6.07, 6.45) is 3.67. The molecule has 0 aliphatic carbocycles. The zero-order valence-electron chi connectivity index (χ0n) is 22.6. The molecule has 3 aromatic rings. The molecule has 206 valence electrons. The number of benzene rings is 1. The van der Waals surface area contributed by atoms with E-state index in [9.17, 15) is 18.0 Å². The van der Waals surface area contributed by atoms with Crippen molar-refractivity contribution in [2.24, 2.45) is 5.92 Å². The van der Waals surface area contributed by atoms with Crippen LogP contribution in [0.5, 0.6) is 0 Å². The van der Waals surface area contributed by atoms with E-state index < -0.39 is 15.6 Å². The second-order valence-corrected chi connectivity index (χ2v) is 13.1. The van der Waals surface area contributed by atoms with Crippen LogP contribution in [0.3, 0.4) is 0 Å². The molecule has 0 spiro atoms. The molecule has 1 saturated heterocycles. The van der Waals surface area contributed by atoms with Gasteiger partial charge in [0.05, 0.1) is 11.7 Å². The number of hydrogen-bond donors (Lipinski definition) is 1. The van der Waals surface area contributed by atoms with Gasteiger partial charge in [0.15, 0.2) is 0 Å². The van der Waals surface area contributed by atoms with Crippen molar-refractivity contribution in [2.75, 3.05) is 37.6 Å². The minimum absolute atomic E-state index is 0.0371. The molecule has 11 heteroatoms. The number of sulfonamides is 1. The molecule has 9 nitrogen and oxygen atoms in total. The van der Waals surface area contributed by atoms with Crippen LogP contribution >= 0.6 is 11.3 Å². The predicted molar refractivity (Wildman–Crippen MR) is 152 cm³/mol. The van der Waals surface area contributed by atoms with Gasteiger partial charge in [-0.1, -0.05) is 19.1 Å². The molecule has 1 aromatic carbocycles. The Hall–Kier alpha value is -2.76. The molecule has 1 aliphatic heterocycles. The summed E-state index contributed by atoms with van der Waals surface area (Å²) in [7, 11) is -3.84. The summed E-state index contributed by atoms with van der Waals surface area (Å²) in [5.74, 6) is 0.167. The Morgan fingerprint density at radius 2 is 1.97 bits per heavy atom. The Labute approximate surface area is 228 Å². The lowest BCUT2D eigenvalue weighted by atomic mass is 10.0. The van der Waals surface area contributed by atoms with Gasteiger partial charge in [-0.2, -0.15) is 4.31 Å². The summed E-state index contributed by atoms with van der Waals surface area (Å²) in [6, 6.07) is 8.33. The number of thiophene rings is 1. The highest BCUT2D eigenvalue weighted by atomic mass is 32.2. The Morgan fingerprint density at radius 3 is 2.66 bits per heavy atom. The summed E-state index contributed by atoms with van der Waals surface area (Å²) in [5.41, 5.74) is 1.85. The number of aromatic nitrogens is 2. The van der Waals surface area contributed by atoms with Gasteiger partial charge in [-0.3, -0.25) is 14.2 Å². The number of nitrogens with one attached hydrogen (secondary N) is 1. The fourth-order valence-electron chi connectivity index (χ4n) is 4.89. The largest absolute Gasteiger partial charge is 0.372 e. The van der Waals surface area contributed by atoms with E-state index in [1.165, 1.54) is 32.1 Å². The zero-order valence-corrected chi connectivity index (χ0v) is 24.2. The van der Waals surface area contributed by atoms with E-state index in [-0.39, 0.29) is 22.7 Å². The van der Waals surface area contributed by atoms with Crippen LogP contribution in [0.2, 0.25) is 0 Å². The van der Waals surface area contributed by atoms with E-state index in [1.54, 1.807) is 6.92 Å². The normalized spacial score (nSPS) is 15.2. The Balaban J connectivity index is 1.43. The van der Waals surface area contributed by atoms with Crippen LogP contribution in [-0.4, -0.2) is 60.9 Å². The Bertz CT molecular complexity index is 1460. The number of piperidine rings is 1. The third-order valence-electron chi connectivity index (χ3n) is 7.13. The lowest BCUT2D eigenvalue weighted by Gasteiger charge is -2.29. The highest BCUT2D eigenvalue weighted by Gasteiger charge is 2.33. The van der Waals surface area contributed by atoms with Gasteiger partial charge < -0.3 is 10.2 Å². The fourth-order valence-corrected chi connectivity index (χ4v) is 8.03. The number of hydrogen-bond acceptors (Lipinski definition) is 7. The minimum Gasteiger partial charge on any atom is -0.372 e. The average Bonchev–Trinajstić information content (AvgIpc) is 3.23. The lowest BCUT2D eigenvalue weighted by Crippen LogP contribution is -2.38. The molecule has 3 heterocycles. The number of carbonyl (C=O) groups excluding carboxylic acids is 1. The van der Waals surface area contributed by atoms with Crippen molar-refractivity contribution in [3.8, 4) is 0 Å². The molecule has 1 fully saturated rings. The first-order valence-corrected chi connectivity index (χ1v) is 15.4. The second-order valence-electron chi connectivity index (χ2n) is 10.1. The summed E-state index contributed by atoms with van der Waals surface area (Å²) >= 11 is 1.20. The highest BCUT2D eigenvalue weighted by molar-refractivity contribution is 7.89. The molecule has 1 aliphatic rings. The van der Waals surface area contributed by atoms with Crippen molar-refractivity contribution in [1.82, 2.24) is 19.2 Å². The molecule has 38 heavy (non-hydrogen) atoms. The van der Waals surface area contributed by atoms with Crippen molar-refractivity contribution in [1.29, 1.82) is 0 Å². The first-order valence-electron chi connectivity index (χ1n) is 13.2. The number of aryl methyl sites for hydroxylation is 2. The molecule has 0 atom stereocenters. The van der Waals surface area contributed by atoms with Crippen molar-refractivity contribution >= 4 is 43.2 Å². The Morgan fingerprint density at radius 1 is 1.24 bits per heavy atom. The highest BCUT2D eigenvalue weighted by Crippen LogP contribution is 2.34. The molecule has 2 aromatic heterocycles. The topological polar surface area (TPSA) is 105 Å². The monoisotopic (exact) mass is 559 g/mol. The van der Waals surface area contributed by atoms with Crippen LogP contribution < -0.4 is 15.8 Å². The molecule has 4 rings (SSSR count). The quantitative estimate of drug-likeness (QED) is 0.381. The van der Waals surface area contributed by atoms with Crippen LogP contribution in [0.15, 0.2) is 40.3 Å². The average molecular weight is 560 g/mol. The van der Waals surface area contributed by atoms with Gasteiger partial charge in [0.25, 0.3) is 5.56 Å². The summed E-state index contributed by atoms with van der Waals surface area (Å²) in [6.45, 7) is 10.8. The second kappa shape index (κ2) is 12.0. The molecule has 0 unspecified atom stereocenters. The predicted octanol–water partition coefficient (Wildman–Crippen LogP) is 3.53. The van der Waals surface area contributed by atoms with E-state index in [0.717, 1.165) is 38.0 Å². The zero-order chi connectivity index (χ0) is 27.4. The van der Waals surface area contributed by atoms with E-state index in [2.05, 4.69) is 54.2 Å². The van der Waals surface area contributed by atoms with Gasteiger partial charge in [-0.05, 0) is 63.6 Å². The lowest BCUT2D eigenvalue weighted by molar-refractivity contribution is -0.121. The maximum Gasteiger partial charge on any atom is 0.263 e. The van der Waals surface area contributed by atoms with Crippen LogP contribution in [0, 0.1) is 19.8 Å². The molecule has 0 saturated carbocycles. The molecule has 1 N–H and O–H groups in total. The van der Waals surface area contributed by atoms with Crippen molar-refractivity contribution in [3.63, 3.8) is 0 Å². The van der Waals surface area contributed by atoms with Gasteiger partial charge in [-0.25, -0.2) is 13.4 Å². The minimum atomic E-state index is -3.84. The van der Waals surface area contributed by atoms with Crippen LogP contribution in [0.25, 0.3) is 10.2 Å². The molecule has 0 bridgehead atoms. The van der Waals surface area contributed by atoms with Crippen LogP contribution in [0.1, 0.15) is 43.6 Å². The number of rotatable bonds is 10. The Kier molecular flexibility index (Phi) is 8.89. The first kappa shape index (κ1) is 28.3. The molecule has 1 amide bonds. The van der Waals surface area contributed by atoms with E-state index in [1.807, 2.05) is 6.07 Å². The summed E-state index contributed by atoms with van der Waals surface area (Å²) < 4.78 is 29.7. The van der Waals surface area contributed by atoms with Crippen LogP contribution in [0.4, 0.5) is 5.69 Å². The van der Waals surface area contributed by atoms with Gasteiger partial charge in [-0.15, -0.1) is 11.3 Å². The SMILES string of the molecule is CCN(CCCNC(=O)Cn1cnc2sc(C)c(S(=O)(=O)N3CCC(C)CC3)c2c1=O)c1cccc(C)c1. The van der Waals surface area contributed by atoms with Crippen molar-refractivity contribution < 1.29 is 13.2 Å². The number of fused-ring (bicyclic) bond motifs is 1. The third kappa shape index (κ3) is 6.10. The summed E-state index contributed by atoms with van der Waals surface area (Å²) in [5, 5.41) is 2.96. The number of amides is 1. The van der Waals surface area contributed by atoms with Gasteiger partial charge in [0, 0.05) is 43.3 Å². The number of carbonyl (C=O) groups is 1. The first-order chi connectivity index (χ1) is 18.1. The van der Waals surface area contributed by atoms with E-state index in [0.29, 0.717) is 35.3 Å². The summed E-state index contributed by atoms with van der Waals surface area (Å²) in [4.78, 5) is 33.6. The smallest absolute Gasteiger partial charge is 0.263 e. The number of anilines is 1. The van der Waals surface area contributed by atoms with Gasteiger partial charge >= 0.3 is 0 Å². The standard InChI is InChI=1S/C27H37N5O4S2/c1-5-30(22-9-6-8-20(3)16-22)13-7-12-28-23(33)17-31-18-29-26-24(27(31)34)25(21(4)37-26)38(35,36)32-14-10-19(2)11-15-32/h6,8-9,16,18-19H,5,7,10-15,17H2,1-4H3,(H,28,33). The maximum absolute atomic E-state index is 13.5. The molecular weight excluding hydrogens is 522 g/mol. The fraction of sp³-hybridized carbons (Fsp3) is 0.519. The molecule has 0 radical (unpaired) electrons. The third-order valence-corrected chi connectivity index (χ3v) is 10.3. The van der Waals surface area contributed by atoms with Gasteiger partial charge in [0.2, 0.25) is 15.9 Å².